The van der Waals surface area contributed by atoms with Crippen molar-refractivity contribution >= 4 is 27.6 Å². The Balaban J connectivity index is 1.73. The Kier molecular flexibility index (Phi) is 5.10. The van der Waals surface area contributed by atoms with Gasteiger partial charge < -0.3 is 10.8 Å². The Hall–Kier alpha value is -4.24. The number of rotatable bonds is 4. The molecule has 176 valence electrons. The second kappa shape index (κ2) is 7.92. The average molecular weight is 479 g/mol. The van der Waals surface area contributed by atoms with Gasteiger partial charge in [-0.1, -0.05) is 36.4 Å². The maximum Gasteiger partial charge on any atom is 0.425 e. The van der Waals surface area contributed by atoms with Crippen LogP contribution in [0.3, 0.4) is 0 Å². The molecule has 0 radical (unpaired) electrons. The van der Waals surface area contributed by atoms with E-state index in [1.165, 1.54) is 77.6 Å². The molecular weight excluding hydrogens is 462 g/mol. The monoisotopic (exact) mass is 479 g/mol. The van der Waals surface area contributed by atoms with Crippen LogP contribution in [-0.2, 0) is 5.60 Å². The summed E-state index contributed by atoms with van der Waals surface area (Å²) in [4.78, 5) is 11.8. The largest absolute Gasteiger partial charge is 0.425 e. The van der Waals surface area contributed by atoms with Crippen LogP contribution in [0.2, 0.25) is 0 Å². The summed E-state index contributed by atoms with van der Waals surface area (Å²) in [5, 5.41) is 16.1. The van der Waals surface area contributed by atoms with E-state index in [2.05, 4.69) is 5.10 Å². The highest BCUT2D eigenvalue weighted by atomic mass is 19.4. The molecule has 1 heterocycles. The molecule has 5 nitrogen and oxygen atoms in total. The van der Waals surface area contributed by atoms with Gasteiger partial charge in [-0.15, -0.1) is 0 Å². The molecule has 3 N–H and O–H groups in total. The summed E-state index contributed by atoms with van der Waals surface area (Å²) in [5.41, 5.74) is 2.19. The van der Waals surface area contributed by atoms with Crippen molar-refractivity contribution < 1.29 is 27.5 Å². The van der Waals surface area contributed by atoms with E-state index in [4.69, 9.17) is 5.73 Å². The van der Waals surface area contributed by atoms with E-state index in [1.807, 2.05) is 0 Å². The molecule has 5 aromatic rings. The van der Waals surface area contributed by atoms with Crippen molar-refractivity contribution in [3.8, 4) is 5.69 Å². The van der Waals surface area contributed by atoms with E-state index in [-0.39, 0.29) is 16.3 Å². The van der Waals surface area contributed by atoms with Crippen LogP contribution in [0.25, 0.3) is 27.4 Å². The van der Waals surface area contributed by atoms with Crippen LogP contribution in [0.4, 0.5) is 17.6 Å². The first-order chi connectivity index (χ1) is 16.6. The van der Waals surface area contributed by atoms with Gasteiger partial charge in [0.25, 0.3) is 0 Å². The zero-order chi connectivity index (χ0) is 25.0. The van der Waals surface area contributed by atoms with Crippen molar-refractivity contribution in [1.82, 2.24) is 9.78 Å². The quantitative estimate of drug-likeness (QED) is 0.347. The van der Waals surface area contributed by atoms with Crippen LogP contribution >= 0.6 is 0 Å². The third kappa shape index (κ3) is 3.52. The van der Waals surface area contributed by atoms with Crippen LogP contribution in [-0.4, -0.2) is 27.0 Å². The second-order valence-corrected chi connectivity index (χ2v) is 8.09. The molecule has 1 amide bonds. The van der Waals surface area contributed by atoms with Gasteiger partial charge in [0.2, 0.25) is 11.5 Å². The van der Waals surface area contributed by atoms with Crippen molar-refractivity contribution in [1.29, 1.82) is 0 Å². The number of nitrogens with two attached hydrogens (primary N) is 1. The second-order valence-electron chi connectivity index (χ2n) is 8.09. The van der Waals surface area contributed by atoms with E-state index in [0.29, 0.717) is 16.6 Å². The van der Waals surface area contributed by atoms with Gasteiger partial charge >= 0.3 is 6.18 Å². The first-order valence-corrected chi connectivity index (χ1v) is 10.5. The number of alkyl halides is 3. The summed E-state index contributed by atoms with van der Waals surface area (Å²) in [5.74, 6) is -1.23. The predicted octanol–water partition coefficient (Wildman–Crippen LogP) is 5.21. The van der Waals surface area contributed by atoms with Crippen molar-refractivity contribution in [3.63, 3.8) is 0 Å². The molecule has 0 fully saturated rings. The van der Waals surface area contributed by atoms with Gasteiger partial charge in [0, 0.05) is 16.5 Å². The number of hydrogen-bond acceptors (Lipinski definition) is 3. The molecule has 1 unspecified atom stereocenters. The van der Waals surface area contributed by atoms with Crippen molar-refractivity contribution in [2.75, 3.05) is 0 Å². The standard InChI is InChI=1S/C26H17F4N3O2/c27-17-6-8-18(9-7-17)33-23-12-5-16(13-15(23)14-32-33)25(35,26(28,29)30)22-11-10-21(24(31)34)19-3-1-2-4-20(19)22/h1-14,35H,(H2,31,34). The molecule has 0 saturated carbocycles. The molecule has 0 spiro atoms. The molecular formula is C26H17F4N3O2. The van der Waals surface area contributed by atoms with Crippen molar-refractivity contribution in [2.45, 2.75) is 11.8 Å². The number of aliphatic hydroxyl groups is 1. The number of hydrogen-bond donors (Lipinski definition) is 2. The fraction of sp³-hybridized carbons (Fsp3) is 0.0769. The Morgan fingerprint density at radius 3 is 2.26 bits per heavy atom. The summed E-state index contributed by atoms with van der Waals surface area (Å²) in [7, 11) is 0. The Morgan fingerprint density at radius 1 is 0.914 bits per heavy atom. The summed E-state index contributed by atoms with van der Waals surface area (Å²) in [6.07, 6.45) is -3.74. The fourth-order valence-electron chi connectivity index (χ4n) is 4.35. The summed E-state index contributed by atoms with van der Waals surface area (Å²) < 4.78 is 58.5. The smallest absolute Gasteiger partial charge is 0.372 e. The van der Waals surface area contributed by atoms with Crippen molar-refractivity contribution in [3.05, 3.63) is 108 Å². The molecule has 0 saturated heterocycles. The van der Waals surface area contributed by atoms with Gasteiger partial charge in [0.1, 0.15) is 5.82 Å². The van der Waals surface area contributed by atoms with Gasteiger partial charge in [-0.25, -0.2) is 9.07 Å². The molecule has 1 atom stereocenters. The molecule has 0 aliphatic carbocycles. The van der Waals surface area contributed by atoms with Gasteiger partial charge in [-0.2, -0.15) is 18.3 Å². The molecule has 1 aromatic heterocycles. The first kappa shape index (κ1) is 22.5. The lowest BCUT2D eigenvalue weighted by Crippen LogP contribution is -2.43. The van der Waals surface area contributed by atoms with Crippen LogP contribution in [0, 0.1) is 5.82 Å². The number of fused-ring (bicyclic) bond motifs is 2. The number of carbonyl (C=O) groups is 1. The Bertz CT molecular complexity index is 1590. The maximum absolute atomic E-state index is 14.6. The van der Waals surface area contributed by atoms with E-state index in [9.17, 15) is 27.5 Å². The van der Waals surface area contributed by atoms with E-state index in [0.717, 1.165) is 6.07 Å². The number of carbonyl (C=O) groups excluding carboxylic acids is 1. The minimum absolute atomic E-state index is 0.0462. The normalized spacial score (nSPS) is 13.7. The lowest BCUT2D eigenvalue weighted by atomic mass is 9.81. The molecule has 0 bridgehead atoms. The number of halogens is 4. The number of benzene rings is 4. The van der Waals surface area contributed by atoms with E-state index < -0.39 is 34.6 Å². The summed E-state index contributed by atoms with van der Waals surface area (Å²) in [6, 6.07) is 17.5. The lowest BCUT2D eigenvalue weighted by molar-refractivity contribution is -0.247. The number of nitrogens with zero attached hydrogens (tertiary/aromatic N) is 2. The molecule has 0 aliphatic rings. The zero-order valence-electron chi connectivity index (χ0n) is 17.9. The SMILES string of the molecule is NC(=O)c1ccc(C(O)(c2ccc3c(cnn3-c3ccc(F)cc3)c2)C(F)(F)F)c2ccccc12. The third-order valence-electron chi connectivity index (χ3n) is 6.05. The Labute approximate surface area is 196 Å². The lowest BCUT2D eigenvalue weighted by Gasteiger charge is -2.33. The third-order valence-corrected chi connectivity index (χ3v) is 6.05. The highest BCUT2D eigenvalue weighted by Crippen LogP contribution is 2.47. The average Bonchev–Trinajstić information content (AvgIpc) is 3.26. The summed E-state index contributed by atoms with van der Waals surface area (Å²) in [6.45, 7) is 0. The molecule has 9 heteroatoms. The molecule has 0 aliphatic heterocycles. The molecule has 4 aromatic carbocycles. The minimum atomic E-state index is -5.11. The highest BCUT2D eigenvalue weighted by Gasteiger charge is 2.57. The van der Waals surface area contributed by atoms with Crippen LogP contribution in [0.15, 0.2) is 85.1 Å². The predicted molar refractivity (Wildman–Crippen MR) is 123 cm³/mol. The number of primary amides is 1. The topological polar surface area (TPSA) is 81.1 Å². The maximum atomic E-state index is 14.6. The van der Waals surface area contributed by atoms with E-state index >= 15 is 0 Å². The molecule has 35 heavy (non-hydrogen) atoms. The number of aromatic nitrogens is 2. The van der Waals surface area contributed by atoms with Crippen LogP contribution < -0.4 is 5.73 Å². The fourth-order valence-corrected chi connectivity index (χ4v) is 4.35. The van der Waals surface area contributed by atoms with Gasteiger partial charge in [0.15, 0.2) is 0 Å². The van der Waals surface area contributed by atoms with Gasteiger partial charge in [-0.3, -0.25) is 4.79 Å². The van der Waals surface area contributed by atoms with Gasteiger partial charge in [0.05, 0.1) is 17.4 Å². The number of amides is 1. The minimum Gasteiger partial charge on any atom is -0.372 e. The Morgan fingerprint density at radius 2 is 1.60 bits per heavy atom. The summed E-state index contributed by atoms with van der Waals surface area (Å²) >= 11 is 0. The van der Waals surface area contributed by atoms with Gasteiger partial charge in [-0.05, 0) is 58.8 Å². The van der Waals surface area contributed by atoms with Crippen molar-refractivity contribution in [2.24, 2.45) is 5.73 Å². The first-order valence-electron chi connectivity index (χ1n) is 10.5. The van der Waals surface area contributed by atoms with E-state index in [1.54, 1.807) is 6.07 Å². The molecule has 5 rings (SSSR count). The zero-order valence-corrected chi connectivity index (χ0v) is 17.9. The highest BCUT2D eigenvalue weighted by molar-refractivity contribution is 6.07. The van der Waals surface area contributed by atoms with Crippen LogP contribution in [0.1, 0.15) is 21.5 Å². The van der Waals surface area contributed by atoms with Crippen LogP contribution in [0.5, 0.6) is 0 Å².